The van der Waals surface area contributed by atoms with Crippen molar-refractivity contribution in [2.24, 2.45) is 11.3 Å². The number of rotatable bonds is 2. The lowest BCUT2D eigenvalue weighted by atomic mass is 9.49. The minimum atomic E-state index is -2.84. The number of methoxy groups -OCH3 is 2. The van der Waals surface area contributed by atoms with Crippen molar-refractivity contribution in [2.45, 2.75) is 51.3 Å². The zero-order chi connectivity index (χ0) is 20.3. The van der Waals surface area contributed by atoms with Crippen LogP contribution in [0.3, 0.4) is 0 Å². The monoisotopic (exact) mass is 307 g/mol. The first-order chi connectivity index (χ1) is 12.3. The third-order valence-electron chi connectivity index (χ3n) is 5.59. The molecular weight excluding hydrogens is 276 g/mol. The topological polar surface area (TPSA) is 35.5 Å². The molecular formula is C19H26O3. The Labute approximate surface area is 140 Å². The summed E-state index contributed by atoms with van der Waals surface area (Å²) in [5.41, 5.74) is -0.601. The van der Waals surface area contributed by atoms with Gasteiger partial charge in [0.15, 0.2) is 0 Å². The quantitative estimate of drug-likeness (QED) is 0.778. The van der Waals surface area contributed by atoms with E-state index in [9.17, 15) is 4.79 Å². The molecule has 0 heterocycles. The Balaban J connectivity index is 2.28. The molecule has 2 atom stereocenters. The van der Waals surface area contributed by atoms with Gasteiger partial charge in [-0.25, -0.2) is 0 Å². The lowest BCUT2D eigenvalue weighted by Gasteiger charge is -2.53. The Bertz CT molecular complexity index is 756. The maximum Gasteiger partial charge on any atom is 0.316 e. The molecule has 3 heteroatoms. The summed E-state index contributed by atoms with van der Waals surface area (Å²) >= 11 is 0. The number of hydrogen-bond acceptors (Lipinski definition) is 3. The highest BCUT2D eigenvalue weighted by Crippen LogP contribution is 2.58. The van der Waals surface area contributed by atoms with Crippen LogP contribution in [0.1, 0.15) is 57.5 Å². The van der Waals surface area contributed by atoms with Gasteiger partial charge in [0.1, 0.15) is 5.75 Å². The molecule has 0 spiro atoms. The van der Waals surface area contributed by atoms with E-state index in [-0.39, 0.29) is 17.8 Å². The van der Waals surface area contributed by atoms with Crippen LogP contribution in [-0.4, -0.2) is 20.1 Å². The predicted octanol–water partition coefficient (Wildman–Crippen LogP) is 3.88. The summed E-state index contributed by atoms with van der Waals surface area (Å²) < 4.78 is 49.7. The number of aryl methyl sites for hydroxylation is 1. The van der Waals surface area contributed by atoms with Crippen molar-refractivity contribution in [3.05, 3.63) is 29.3 Å². The Kier molecular flexibility index (Phi) is 2.48. The molecule has 22 heavy (non-hydrogen) atoms. The van der Waals surface area contributed by atoms with E-state index >= 15 is 0 Å². The summed E-state index contributed by atoms with van der Waals surface area (Å²) in [6.45, 7) is 4.05. The van der Waals surface area contributed by atoms with Gasteiger partial charge in [-0.2, -0.15) is 0 Å². The predicted molar refractivity (Wildman–Crippen MR) is 86.1 cm³/mol. The van der Waals surface area contributed by atoms with Crippen LogP contribution in [0.15, 0.2) is 18.2 Å². The van der Waals surface area contributed by atoms with Crippen LogP contribution < -0.4 is 4.74 Å². The molecule has 3 nitrogen and oxygen atoms in total. The fourth-order valence-electron chi connectivity index (χ4n) is 4.44. The van der Waals surface area contributed by atoms with Gasteiger partial charge in [0.25, 0.3) is 0 Å². The average molecular weight is 307 g/mol. The van der Waals surface area contributed by atoms with Crippen molar-refractivity contribution in [3.8, 4) is 5.75 Å². The Hall–Kier alpha value is -1.51. The molecule has 0 amide bonds. The zero-order valence-corrected chi connectivity index (χ0v) is 13.4. The van der Waals surface area contributed by atoms with Crippen molar-refractivity contribution < 1.29 is 21.1 Å². The van der Waals surface area contributed by atoms with Gasteiger partial charge in [-0.3, -0.25) is 4.79 Å². The van der Waals surface area contributed by atoms with Crippen molar-refractivity contribution in [3.63, 3.8) is 0 Å². The van der Waals surface area contributed by atoms with Crippen molar-refractivity contribution in [1.82, 2.24) is 0 Å². The fourth-order valence-corrected chi connectivity index (χ4v) is 4.44. The van der Waals surface area contributed by atoms with Gasteiger partial charge in [-0.15, -0.1) is 0 Å². The lowest BCUT2D eigenvalue weighted by Crippen LogP contribution is -2.54. The zero-order valence-electron chi connectivity index (χ0n) is 18.4. The molecule has 2 aliphatic rings. The molecule has 1 aromatic carbocycles. The molecule has 0 radical (unpaired) electrons. The van der Waals surface area contributed by atoms with E-state index < -0.39 is 24.8 Å². The van der Waals surface area contributed by atoms with Crippen LogP contribution in [-0.2, 0) is 21.3 Å². The Morgan fingerprint density at radius 3 is 2.95 bits per heavy atom. The second-order valence-corrected chi connectivity index (χ2v) is 7.05. The van der Waals surface area contributed by atoms with E-state index in [0.717, 1.165) is 12.8 Å². The molecule has 0 aliphatic heterocycles. The molecule has 1 fully saturated rings. The van der Waals surface area contributed by atoms with E-state index in [0.29, 0.717) is 23.3 Å². The van der Waals surface area contributed by atoms with Crippen LogP contribution in [0.2, 0.25) is 0 Å². The normalized spacial score (nSPS) is 35.4. The van der Waals surface area contributed by atoms with Crippen LogP contribution >= 0.6 is 0 Å². The third kappa shape index (κ3) is 2.05. The van der Waals surface area contributed by atoms with Crippen LogP contribution in [0.5, 0.6) is 5.75 Å². The lowest BCUT2D eigenvalue weighted by molar-refractivity contribution is -0.156. The van der Waals surface area contributed by atoms with Gasteiger partial charge >= 0.3 is 5.97 Å². The highest BCUT2D eigenvalue weighted by molar-refractivity contribution is 5.85. The molecule has 1 aromatic rings. The summed E-state index contributed by atoms with van der Waals surface area (Å²) in [6, 6.07) is 5.01. The molecule has 3 rings (SSSR count). The number of ether oxygens (including phenoxy) is 2. The molecule has 0 aromatic heterocycles. The summed E-state index contributed by atoms with van der Waals surface area (Å²) in [5, 5.41) is 0. The van der Waals surface area contributed by atoms with Crippen molar-refractivity contribution in [1.29, 1.82) is 0 Å². The number of carbonyl (C=O) groups excluding carboxylic acids is 1. The first-order valence-electron chi connectivity index (χ1n) is 10.3. The summed E-state index contributed by atoms with van der Waals surface area (Å²) in [5.74, 6) is -0.650. The number of hydrogen-bond donors (Lipinski definition) is 0. The minimum Gasteiger partial charge on any atom is -0.497 e. The van der Waals surface area contributed by atoms with Gasteiger partial charge in [-0.05, 0) is 60.2 Å². The SMILES string of the molecule is [2H]C([2H])([2H])OC(=O)[C@@]12CCCC(C)(C)[C@@H]1CC([2H])([2H])c1ccc(OC)cc12. The molecule has 0 unspecified atom stereocenters. The molecule has 120 valence electrons. The standard InChI is InChI=1S/C19H26O3/c1-18(2)10-5-11-19(17(20)22-4)15-12-14(21-3)8-6-13(15)7-9-16(18)19/h6,8,12,16H,5,7,9-11H2,1-4H3/t16-,19+/m0/s1/i4D3,7D2. The Morgan fingerprint density at radius 1 is 1.41 bits per heavy atom. The highest BCUT2D eigenvalue weighted by Gasteiger charge is 2.57. The Morgan fingerprint density at radius 2 is 2.23 bits per heavy atom. The number of esters is 1. The number of carbonyl (C=O) groups is 1. The summed E-state index contributed by atoms with van der Waals surface area (Å²) in [4.78, 5) is 13.3. The second kappa shape index (κ2) is 5.29. The van der Waals surface area contributed by atoms with E-state index in [2.05, 4.69) is 0 Å². The first kappa shape index (κ1) is 10.3. The molecule has 1 saturated carbocycles. The second-order valence-electron chi connectivity index (χ2n) is 7.05. The fraction of sp³-hybridized carbons (Fsp3) is 0.632. The van der Waals surface area contributed by atoms with E-state index in [1.165, 1.54) is 7.11 Å². The van der Waals surface area contributed by atoms with Crippen LogP contribution in [0.4, 0.5) is 0 Å². The van der Waals surface area contributed by atoms with Gasteiger partial charge in [0, 0.05) is 2.74 Å². The number of fused-ring (bicyclic) bond motifs is 3. The molecule has 0 saturated heterocycles. The van der Waals surface area contributed by atoms with E-state index in [1.807, 2.05) is 13.8 Å². The number of benzene rings is 1. The third-order valence-corrected chi connectivity index (χ3v) is 5.59. The molecule has 2 aliphatic carbocycles. The van der Waals surface area contributed by atoms with Gasteiger partial charge < -0.3 is 9.47 Å². The van der Waals surface area contributed by atoms with Crippen molar-refractivity contribution >= 4 is 5.97 Å². The summed E-state index contributed by atoms with van der Waals surface area (Å²) in [7, 11) is -1.33. The molecule has 0 bridgehead atoms. The van der Waals surface area contributed by atoms with Gasteiger partial charge in [-0.1, -0.05) is 26.3 Å². The first-order valence-corrected chi connectivity index (χ1v) is 7.76. The van der Waals surface area contributed by atoms with E-state index in [1.54, 1.807) is 18.2 Å². The average Bonchev–Trinajstić information content (AvgIpc) is 2.53. The summed E-state index contributed by atoms with van der Waals surface area (Å²) in [6.07, 6.45) is 0.543. The minimum absolute atomic E-state index is 0.148. The van der Waals surface area contributed by atoms with Crippen LogP contribution in [0.25, 0.3) is 0 Å². The highest BCUT2D eigenvalue weighted by atomic mass is 16.5. The maximum atomic E-state index is 13.3. The van der Waals surface area contributed by atoms with Crippen molar-refractivity contribution in [2.75, 3.05) is 14.1 Å². The van der Waals surface area contributed by atoms with Gasteiger partial charge in [0.2, 0.25) is 0 Å². The largest absolute Gasteiger partial charge is 0.497 e. The molecule has 0 N–H and O–H groups in total. The smallest absolute Gasteiger partial charge is 0.316 e. The van der Waals surface area contributed by atoms with E-state index in [4.69, 9.17) is 16.3 Å². The van der Waals surface area contributed by atoms with Crippen LogP contribution in [0, 0.1) is 11.3 Å². The maximum absolute atomic E-state index is 13.3. The van der Waals surface area contributed by atoms with Gasteiger partial charge in [0.05, 0.1) is 23.7 Å².